The molecule has 1 unspecified atom stereocenters. The van der Waals surface area contributed by atoms with Crippen LogP contribution in [0.4, 0.5) is 0 Å². The van der Waals surface area contributed by atoms with Gasteiger partial charge in [-0.15, -0.1) is 0 Å². The van der Waals surface area contributed by atoms with Crippen molar-refractivity contribution in [2.75, 3.05) is 20.3 Å². The van der Waals surface area contributed by atoms with E-state index < -0.39 is 0 Å². The lowest BCUT2D eigenvalue weighted by atomic mass is 10.3. The zero-order valence-electron chi connectivity index (χ0n) is 7.83. The minimum Gasteiger partial charge on any atom is -0.497 e. The Kier molecular flexibility index (Phi) is 2.93. The predicted octanol–water partition coefficient (Wildman–Crippen LogP) is 2.24. The Morgan fingerprint density at radius 1 is 1.57 bits per heavy atom. The van der Waals surface area contributed by atoms with Gasteiger partial charge in [0.25, 0.3) is 0 Å². The van der Waals surface area contributed by atoms with Gasteiger partial charge in [-0.25, -0.2) is 0 Å². The third-order valence-electron chi connectivity index (χ3n) is 1.97. The summed E-state index contributed by atoms with van der Waals surface area (Å²) >= 11 is 3.41. The molecule has 0 aliphatic carbocycles. The smallest absolute Gasteiger partial charge is 0.133 e. The van der Waals surface area contributed by atoms with Crippen LogP contribution in [0.25, 0.3) is 0 Å². The number of rotatable bonds is 4. The summed E-state index contributed by atoms with van der Waals surface area (Å²) in [5.74, 6) is 1.63. The van der Waals surface area contributed by atoms with E-state index in [1.165, 1.54) is 0 Å². The molecule has 4 heteroatoms. The van der Waals surface area contributed by atoms with Crippen LogP contribution < -0.4 is 9.47 Å². The van der Waals surface area contributed by atoms with E-state index in [-0.39, 0.29) is 6.10 Å². The molecule has 0 spiro atoms. The van der Waals surface area contributed by atoms with Gasteiger partial charge in [-0.05, 0) is 34.1 Å². The zero-order chi connectivity index (χ0) is 9.97. The molecule has 1 aromatic rings. The van der Waals surface area contributed by atoms with Crippen LogP contribution in [-0.4, -0.2) is 26.4 Å². The van der Waals surface area contributed by atoms with Crippen molar-refractivity contribution in [3.05, 3.63) is 22.7 Å². The van der Waals surface area contributed by atoms with E-state index in [1.54, 1.807) is 7.11 Å². The summed E-state index contributed by atoms with van der Waals surface area (Å²) in [5.41, 5.74) is 0. The monoisotopic (exact) mass is 258 g/mol. The minimum absolute atomic E-state index is 0.281. The first kappa shape index (κ1) is 9.80. The molecule has 2 rings (SSSR count). The van der Waals surface area contributed by atoms with Crippen LogP contribution in [0, 0.1) is 0 Å². The molecule has 3 nitrogen and oxygen atoms in total. The summed E-state index contributed by atoms with van der Waals surface area (Å²) in [6.45, 7) is 1.43. The highest BCUT2D eigenvalue weighted by atomic mass is 79.9. The number of epoxide rings is 1. The molecule has 0 amide bonds. The van der Waals surface area contributed by atoms with Crippen molar-refractivity contribution in [2.24, 2.45) is 0 Å². The summed E-state index contributed by atoms with van der Waals surface area (Å²) in [6, 6.07) is 5.63. The molecule has 1 saturated heterocycles. The lowest BCUT2D eigenvalue weighted by Crippen LogP contribution is -2.04. The Bertz CT molecular complexity index is 323. The molecule has 0 bridgehead atoms. The van der Waals surface area contributed by atoms with Crippen LogP contribution in [0.5, 0.6) is 11.5 Å². The number of halogens is 1. The van der Waals surface area contributed by atoms with E-state index in [1.807, 2.05) is 18.2 Å². The van der Waals surface area contributed by atoms with Crippen LogP contribution in [0.2, 0.25) is 0 Å². The van der Waals surface area contributed by atoms with Gasteiger partial charge >= 0.3 is 0 Å². The van der Waals surface area contributed by atoms with Gasteiger partial charge < -0.3 is 14.2 Å². The molecule has 1 fully saturated rings. The van der Waals surface area contributed by atoms with Gasteiger partial charge in [0.2, 0.25) is 0 Å². The van der Waals surface area contributed by atoms with E-state index in [2.05, 4.69) is 15.9 Å². The lowest BCUT2D eigenvalue weighted by molar-refractivity contribution is 0.261. The third-order valence-corrected chi connectivity index (χ3v) is 2.59. The Labute approximate surface area is 91.1 Å². The third kappa shape index (κ3) is 2.39. The molecule has 14 heavy (non-hydrogen) atoms. The summed E-state index contributed by atoms with van der Waals surface area (Å²) in [5, 5.41) is 0. The summed E-state index contributed by atoms with van der Waals surface area (Å²) in [7, 11) is 1.64. The minimum atomic E-state index is 0.281. The first-order chi connectivity index (χ1) is 6.79. The van der Waals surface area contributed by atoms with E-state index in [0.717, 1.165) is 22.6 Å². The quantitative estimate of drug-likeness (QED) is 0.777. The van der Waals surface area contributed by atoms with Gasteiger partial charge in [-0.3, -0.25) is 0 Å². The van der Waals surface area contributed by atoms with Crippen molar-refractivity contribution in [2.45, 2.75) is 6.10 Å². The van der Waals surface area contributed by atoms with E-state index in [9.17, 15) is 0 Å². The topological polar surface area (TPSA) is 31.0 Å². The SMILES string of the molecule is COc1ccc(OCC2CO2)c(Br)c1. The summed E-state index contributed by atoms with van der Waals surface area (Å²) in [6.07, 6.45) is 0.281. The van der Waals surface area contributed by atoms with Crippen LogP contribution in [-0.2, 0) is 4.74 Å². The predicted molar refractivity (Wildman–Crippen MR) is 55.9 cm³/mol. The van der Waals surface area contributed by atoms with Crippen molar-refractivity contribution in [1.82, 2.24) is 0 Å². The number of hydrogen-bond donors (Lipinski definition) is 0. The second kappa shape index (κ2) is 4.19. The van der Waals surface area contributed by atoms with Crippen LogP contribution in [0.15, 0.2) is 22.7 Å². The zero-order valence-corrected chi connectivity index (χ0v) is 9.41. The second-order valence-corrected chi connectivity index (χ2v) is 3.92. The molecule has 0 aromatic heterocycles. The van der Waals surface area contributed by atoms with Crippen LogP contribution in [0.3, 0.4) is 0 Å². The van der Waals surface area contributed by atoms with Gasteiger partial charge in [0.1, 0.15) is 24.2 Å². The fraction of sp³-hybridized carbons (Fsp3) is 0.400. The maximum atomic E-state index is 5.53. The first-order valence-electron chi connectivity index (χ1n) is 4.37. The van der Waals surface area contributed by atoms with Gasteiger partial charge in [0.05, 0.1) is 18.2 Å². The Hall–Kier alpha value is -0.740. The van der Waals surface area contributed by atoms with Crippen molar-refractivity contribution in [1.29, 1.82) is 0 Å². The van der Waals surface area contributed by atoms with E-state index in [0.29, 0.717) is 6.61 Å². The average molecular weight is 259 g/mol. The van der Waals surface area contributed by atoms with Crippen molar-refractivity contribution in [3.8, 4) is 11.5 Å². The maximum Gasteiger partial charge on any atom is 0.133 e. The van der Waals surface area contributed by atoms with E-state index >= 15 is 0 Å². The fourth-order valence-electron chi connectivity index (χ4n) is 1.07. The molecule has 1 aromatic carbocycles. The number of ether oxygens (including phenoxy) is 3. The highest BCUT2D eigenvalue weighted by Crippen LogP contribution is 2.29. The van der Waals surface area contributed by atoms with Crippen LogP contribution >= 0.6 is 15.9 Å². The van der Waals surface area contributed by atoms with Crippen LogP contribution in [0.1, 0.15) is 0 Å². The fourth-order valence-corrected chi connectivity index (χ4v) is 1.54. The van der Waals surface area contributed by atoms with Crippen molar-refractivity contribution in [3.63, 3.8) is 0 Å². The number of hydrogen-bond acceptors (Lipinski definition) is 3. The van der Waals surface area contributed by atoms with E-state index in [4.69, 9.17) is 14.2 Å². The largest absolute Gasteiger partial charge is 0.497 e. The molecule has 76 valence electrons. The summed E-state index contributed by atoms with van der Waals surface area (Å²) < 4.78 is 16.6. The average Bonchev–Trinajstić information content (AvgIpc) is 2.99. The molecule has 0 N–H and O–H groups in total. The van der Waals surface area contributed by atoms with Crippen molar-refractivity contribution < 1.29 is 14.2 Å². The number of methoxy groups -OCH3 is 1. The molecule has 1 aliphatic heterocycles. The maximum absolute atomic E-state index is 5.53. The molecular weight excluding hydrogens is 248 g/mol. The molecule has 1 atom stereocenters. The highest BCUT2D eigenvalue weighted by molar-refractivity contribution is 9.10. The lowest BCUT2D eigenvalue weighted by Gasteiger charge is -2.07. The molecule has 1 aliphatic rings. The number of benzene rings is 1. The Balaban J connectivity index is 2.01. The van der Waals surface area contributed by atoms with Gasteiger partial charge in [0, 0.05) is 0 Å². The van der Waals surface area contributed by atoms with Gasteiger partial charge in [-0.1, -0.05) is 0 Å². The molecular formula is C10H11BrO3. The van der Waals surface area contributed by atoms with Crippen molar-refractivity contribution >= 4 is 15.9 Å². The Morgan fingerprint density at radius 3 is 2.93 bits per heavy atom. The normalized spacial score (nSPS) is 19.1. The standard InChI is InChI=1S/C10H11BrO3/c1-12-7-2-3-10(9(11)4-7)14-6-8-5-13-8/h2-4,8H,5-6H2,1H3. The molecule has 0 saturated carbocycles. The molecule has 1 heterocycles. The second-order valence-electron chi connectivity index (χ2n) is 3.06. The first-order valence-corrected chi connectivity index (χ1v) is 5.17. The molecule has 0 radical (unpaired) electrons. The Morgan fingerprint density at radius 2 is 2.36 bits per heavy atom. The van der Waals surface area contributed by atoms with Gasteiger partial charge in [0.15, 0.2) is 0 Å². The summed E-state index contributed by atoms with van der Waals surface area (Å²) in [4.78, 5) is 0. The van der Waals surface area contributed by atoms with Gasteiger partial charge in [-0.2, -0.15) is 0 Å². The highest BCUT2D eigenvalue weighted by Gasteiger charge is 2.23.